The minimum absolute atomic E-state index is 0. The minimum Gasteiger partial charge on any atom is -0.0620 e. The molecule has 0 aliphatic rings. The largest absolute Gasteiger partial charge is 0.0956 e. The molecule has 2 aromatic rings. The molecule has 2 aromatic carbocycles. The van der Waals surface area contributed by atoms with E-state index in [1.54, 1.807) is 10.6 Å². The first-order valence-corrected chi connectivity index (χ1v) is 18.2. The van der Waals surface area contributed by atoms with Gasteiger partial charge in [0, 0.05) is 20.4 Å². The van der Waals surface area contributed by atoms with Crippen molar-refractivity contribution in [2.45, 2.75) is 156 Å². The Bertz CT molecular complexity index is 840. The summed E-state index contributed by atoms with van der Waals surface area (Å²) in [4.78, 5) is 0. The maximum Gasteiger partial charge on any atom is 0.0956 e. The second-order valence-electron chi connectivity index (χ2n) is 17.0. The Morgan fingerprint density at radius 3 is 0.590 bits per heavy atom. The predicted molar refractivity (Wildman–Crippen MR) is 185 cm³/mol. The molecule has 0 bridgehead atoms. The Morgan fingerprint density at radius 1 is 0.308 bits per heavy atom. The predicted octanol–water partition coefficient (Wildman–Crippen LogP) is 11.4. The van der Waals surface area contributed by atoms with Crippen LogP contribution in [0.5, 0.6) is 0 Å². The van der Waals surface area contributed by atoms with E-state index in [4.69, 9.17) is 0 Å². The molecule has 0 aliphatic carbocycles. The van der Waals surface area contributed by atoms with Crippen molar-refractivity contribution in [2.75, 3.05) is 0 Å². The Hall–Kier alpha value is -0.0377. The zero-order valence-corrected chi connectivity index (χ0v) is 32.3. The summed E-state index contributed by atoms with van der Waals surface area (Å²) >= 11 is 0. The molecule has 3 heteroatoms. The van der Waals surface area contributed by atoms with Gasteiger partial charge < -0.3 is 0 Å². The molecule has 226 valence electrons. The van der Waals surface area contributed by atoms with E-state index in [9.17, 15) is 0 Å². The maximum absolute atomic E-state index is 2.43. The zero-order valence-electron chi connectivity index (χ0n) is 29.0. The van der Waals surface area contributed by atoms with Crippen LogP contribution in [-0.2, 0) is 20.4 Å². The first kappa shape index (κ1) is 39.0. The van der Waals surface area contributed by atoms with Gasteiger partial charge in [-0.05, 0) is 149 Å². The monoisotopic (exact) mass is 664 g/mol. The topological polar surface area (TPSA) is 0 Å². The molecule has 0 N–H and O–H groups in total. The third-order valence-electron chi connectivity index (χ3n) is 8.32. The molecule has 0 saturated carbocycles. The van der Waals surface area contributed by atoms with Gasteiger partial charge in [-0.2, -0.15) is 0 Å². The SMILES string of the molecule is CC(C)(C)[P+](c1ccccc1)(C(C)(C)C)C(C)(C)C.CC(C)(C)[P+](c1ccccc1)(C(C)(C)C)C(C)(C)C.[Pd]. The van der Waals surface area contributed by atoms with Crippen molar-refractivity contribution < 1.29 is 20.4 Å². The molecule has 0 aromatic heterocycles. The molecule has 0 unspecified atom stereocenters. The summed E-state index contributed by atoms with van der Waals surface area (Å²) in [5.74, 6) is 0. The number of hydrogen-bond donors (Lipinski definition) is 0. The van der Waals surface area contributed by atoms with Crippen molar-refractivity contribution in [3.8, 4) is 0 Å². The standard InChI is InChI=1S/2C18H32P.Pd/c2*1-16(2,3)19(17(4,5)6,18(7,8)9)15-13-11-10-12-14-15;/h2*10-14H,1-9H3;/q2*+1;. The average molecular weight is 665 g/mol. The quantitative estimate of drug-likeness (QED) is 0.221. The summed E-state index contributed by atoms with van der Waals surface area (Å²) in [5.41, 5.74) is 0. The molecule has 2 rings (SSSR count). The molecular weight excluding hydrogens is 601 g/mol. The van der Waals surface area contributed by atoms with E-state index in [0.29, 0.717) is 30.9 Å². The van der Waals surface area contributed by atoms with E-state index >= 15 is 0 Å². The molecule has 0 saturated heterocycles. The Morgan fingerprint density at radius 2 is 0.462 bits per heavy atom. The molecule has 0 heterocycles. The summed E-state index contributed by atoms with van der Waals surface area (Å²) in [6, 6.07) is 22.5. The first-order valence-electron chi connectivity index (χ1n) is 14.6. The third kappa shape index (κ3) is 7.31. The summed E-state index contributed by atoms with van der Waals surface area (Å²) in [7, 11) is -2.80. The van der Waals surface area contributed by atoms with Crippen molar-refractivity contribution in [3.05, 3.63) is 60.7 Å². The van der Waals surface area contributed by atoms with Gasteiger partial charge in [-0.15, -0.1) is 0 Å². The Labute approximate surface area is 260 Å². The maximum atomic E-state index is 2.43. The fourth-order valence-corrected chi connectivity index (χ4v) is 27.6. The molecule has 0 spiro atoms. The molecule has 0 nitrogen and oxygen atoms in total. The summed E-state index contributed by atoms with van der Waals surface area (Å²) in [5, 5.41) is 4.92. The van der Waals surface area contributed by atoms with E-state index in [1.807, 2.05) is 0 Å². The van der Waals surface area contributed by atoms with Gasteiger partial charge in [0.15, 0.2) is 0 Å². The van der Waals surface area contributed by atoms with Crippen LogP contribution in [0.15, 0.2) is 60.7 Å². The average Bonchev–Trinajstić information content (AvgIpc) is 2.64. The van der Waals surface area contributed by atoms with Crippen molar-refractivity contribution >= 4 is 25.1 Å². The normalized spacial score (nSPS) is 14.2. The van der Waals surface area contributed by atoms with Crippen LogP contribution in [0.1, 0.15) is 125 Å². The summed E-state index contributed by atoms with van der Waals surface area (Å²) in [6.45, 7) is 43.8. The van der Waals surface area contributed by atoms with Crippen LogP contribution in [0.4, 0.5) is 0 Å². The Kier molecular flexibility index (Phi) is 12.7. The van der Waals surface area contributed by atoms with Gasteiger partial charge in [0.1, 0.15) is 0 Å². The van der Waals surface area contributed by atoms with Crippen LogP contribution in [-0.4, -0.2) is 30.9 Å². The van der Waals surface area contributed by atoms with Crippen molar-refractivity contribution in [1.29, 1.82) is 0 Å². The van der Waals surface area contributed by atoms with Crippen LogP contribution in [0, 0.1) is 0 Å². The summed E-state index contributed by atoms with van der Waals surface area (Å²) in [6.07, 6.45) is 0. The van der Waals surface area contributed by atoms with Gasteiger partial charge in [0.05, 0.1) is 56.1 Å². The van der Waals surface area contributed by atoms with Crippen molar-refractivity contribution in [2.24, 2.45) is 0 Å². The van der Waals surface area contributed by atoms with Gasteiger partial charge in [-0.1, -0.05) is 36.4 Å². The smallest absolute Gasteiger partial charge is 0.0620 e. The molecule has 0 amide bonds. The van der Waals surface area contributed by atoms with Gasteiger partial charge in [0.25, 0.3) is 0 Å². The van der Waals surface area contributed by atoms with Gasteiger partial charge in [-0.25, -0.2) is 0 Å². The molecular formula is C36H64P2Pd+2. The second kappa shape index (κ2) is 12.7. The summed E-state index contributed by atoms with van der Waals surface area (Å²) < 4.78 is 0. The van der Waals surface area contributed by atoms with Crippen LogP contribution in [0.2, 0.25) is 0 Å². The van der Waals surface area contributed by atoms with Crippen LogP contribution >= 0.6 is 14.5 Å². The van der Waals surface area contributed by atoms with E-state index < -0.39 is 14.5 Å². The molecule has 0 atom stereocenters. The van der Waals surface area contributed by atoms with E-state index in [1.165, 1.54) is 0 Å². The molecule has 39 heavy (non-hydrogen) atoms. The second-order valence-corrected chi connectivity index (χ2v) is 28.8. The van der Waals surface area contributed by atoms with Crippen molar-refractivity contribution in [3.63, 3.8) is 0 Å². The van der Waals surface area contributed by atoms with Crippen LogP contribution < -0.4 is 10.6 Å². The van der Waals surface area contributed by atoms with E-state index in [2.05, 4.69) is 185 Å². The molecule has 0 aliphatic heterocycles. The van der Waals surface area contributed by atoms with E-state index in [-0.39, 0.29) is 20.4 Å². The van der Waals surface area contributed by atoms with Gasteiger partial charge in [0.2, 0.25) is 0 Å². The Balaban J connectivity index is 0.000000722. The third-order valence-corrected chi connectivity index (χ3v) is 22.5. The van der Waals surface area contributed by atoms with Gasteiger partial charge >= 0.3 is 0 Å². The van der Waals surface area contributed by atoms with Crippen LogP contribution in [0.3, 0.4) is 0 Å². The van der Waals surface area contributed by atoms with Crippen LogP contribution in [0.25, 0.3) is 0 Å². The number of benzene rings is 2. The molecule has 0 radical (unpaired) electrons. The zero-order chi connectivity index (χ0) is 30.2. The molecule has 0 fully saturated rings. The minimum atomic E-state index is -1.40. The fourth-order valence-electron chi connectivity index (χ4n) is 9.66. The number of hydrogen-bond acceptors (Lipinski definition) is 0. The number of rotatable bonds is 2. The van der Waals surface area contributed by atoms with Crippen molar-refractivity contribution in [1.82, 2.24) is 0 Å². The van der Waals surface area contributed by atoms with E-state index in [0.717, 1.165) is 0 Å². The fraction of sp³-hybridized carbons (Fsp3) is 0.667. The first-order chi connectivity index (χ1) is 16.7. The van der Waals surface area contributed by atoms with Gasteiger partial charge in [-0.3, -0.25) is 0 Å².